The number of fused-ring (bicyclic) bond motifs is 1. The van der Waals surface area contributed by atoms with Crippen LogP contribution in [0, 0.1) is 0 Å². The van der Waals surface area contributed by atoms with Crippen LogP contribution in [0.2, 0.25) is 5.15 Å². The number of carbonyl (C=O) groups excluding carboxylic acids is 1. The predicted molar refractivity (Wildman–Crippen MR) is 61.2 cm³/mol. The van der Waals surface area contributed by atoms with Crippen molar-refractivity contribution < 1.29 is 22.7 Å². The lowest BCUT2D eigenvalue weighted by molar-refractivity contribution is -0.136. The van der Waals surface area contributed by atoms with Crippen LogP contribution in [0.3, 0.4) is 0 Å². The van der Waals surface area contributed by atoms with Crippen molar-refractivity contribution in [2.24, 2.45) is 0 Å². The Bertz CT molecular complexity index is 637. The van der Waals surface area contributed by atoms with E-state index in [1.54, 1.807) is 6.92 Å². The van der Waals surface area contributed by atoms with E-state index in [-0.39, 0.29) is 23.0 Å². The van der Waals surface area contributed by atoms with Gasteiger partial charge in [0.25, 0.3) is 0 Å². The number of nitrogens with zero attached hydrogens (tertiary/aromatic N) is 2. The molecular weight excluding hydrogens is 285 g/mol. The average Bonchev–Trinajstić information content (AvgIpc) is 2.66. The van der Waals surface area contributed by atoms with Gasteiger partial charge in [-0.3, -0.25) is 0 Å². The maximum absolute atomic E-state index is 12.9. The minimum atomic E-state index is -4.64. The largest absolute Gasteiger partial charge is 0.462 e. The summed E-state index contributed by atoms with van der Waals surface area (Å²) in [7, 11) is 0. The van der Waals surface area contributed by atoms with E-state index in [9.17, 15) is 18.0 Å². The molecule has 0 unspecified atom stereocenters. The lowest BCUT2D eigenvalue weighted by Crippen LogP contribution is -2.12. The molecule has 2 rings (SSSR count). The molecular formula is C11H8ClF3N2O2. The number of esters is 1. The van der Waals surface area contributed by atoms with Crippen LogP contribution < -0.4 is 0 Å². The molecule has 0 aliphatic carbocycles. The first kappa shape index (κ1) is 13.7. The van der Waals surface area contributed by atoms with Crippen LogP contribution in [0.15, 0.2) is 18.5 Å². The normalized spacial score (nSPS) is 11.8. The number of hydrogen-bond donors (Lipinski definition) is 0. The molecule has 0 N–H and O–H groups in total. The molecule has 19 heavy (non-hydrogen) atoms. The third-order valence-corrected chi connectivity index (χ3v) is 2.52. The number of pyridine rings is 1. The Labute approximate surface area is 110 Å². The van der Waals surface area contributed by atoms with Gasteiger partial charge >= 0.3 is 12.1 Å². The van der Waals surface area contributed by atoms with Crippen molar-refractivity contribution in [3.63, 3.8) is 0 Å². The quantitative estimate of drug-likeness (QED) is 0.799. The van der Waals surface area contributed by atoms with Crippen molar-refractivity contribution >= 4 is 23.2 Å². The van der Waals surface area contributed by atoms with Crippen molar-refractivity contribution in [1.82, 2.24) is 9.38 Å². The molecule has 2 aromatic rings. The SMILES string of the molecule is CCOC(=O)c1cc(C(F)(F)F)c2nc(Cl)cn2c1. The first-order chi connectivity index (χ1) is 8.82. The highest BCUT2D eigenvalue weighted by molar-refractivity contribution is 6.29. The minimum Gasteiger partial charge on any atom is -0.462 e. The lowest BCUT2D eigenvalue weighted by atomic mass is 10.2. The van der Waals surface area contributed by atoms with Crippen LogP contribution in [-0.2, 0) is 10.9 Å². The van der Waals surface area contributed by atoms with Gasteiger partial charge in [-0.05, 0) is 13.0 Å². The minimum absolute atomic E-state index is 0.0723. The number of imidazole rings is 1. The molecule has 4 nitrogen and oxygen atoms in total. The Morgan fingerprint density at radius 2 is 2.16 bits per heavy atom. The fourth-order valence-electron chi connectivity index (χ4n) is 1.60. The fourth-order valence-corrected chi connectivity index (χ4v) is 1.79. The van der Waals surface area contributed by atoms with Gasteiger partial charge in [0, 0.05) is 12.4 Å². The molecule has 0 aliphatic rings. The van der Waals surface area contributed by atoms with E-state index in [4.69, 9.17) is 11.6 Å². The van der Waals surface area contributed by atoms with Gasteiger partial charge in [0.1, 0.15) is 5.15 Å². The Balaban J connectivity index is 2.66. The molecule has 0 spiro atoms. The summed E-state index contributed by atoms with van der Waals surface area (Å²) in [6.45, 7) is 1.64. The second-order valence-corrected chi connectivity index (χ2v) is 4.04. The fraction of sp³-hybridized carbons (Fsp3) is 0.273. The topological polar surface area (TPSA) is 43.6 Å². The van der Waals surface area contributed by atoms with Gasteiger partial charge in [0.05, 0.1) is 17.7 Å². The van der Waals surface area contributed by atoms with E-state index in [1.807, 2.05) is 0 Å². The van der Waals surface area contributed by atoms with E-state index < -0.39 is 17.7 Å². The van der Waals surface area contributed by atoms with E-state index >= 15 is 0 Å². The molecule has 0 aliphatic heterocycles. The van der Waals surface area contributed by atoms with Crippen molar-refractivity contribution in [3.8, 4) is 0 Å². The Kier molecular flexibility index (Phi) is 3.40. The molecule has 0 saturated carbocycles. The van der Waals surface area contributed by atoms with Crippen molar-refractivity contribution in [1.29, 1.82) is 0 Å². The van der Waals surface area contributed by atoms with Gasteiger partial charge in [0.15, 0.2) is 5.65 Å². The van der Waals surface area contributed by atoms with Gasteiger partial charge in [-0.1, -0.05) is 11.6 Å². The standard InChI is InChI=1S/C11H8ClF3N2O2/c1-2-19-10(18)6-3-7(11(13,14)15)9-16-8(12)5-17(9)4-6/h3-5H,2H2,1H3. The summed E-state index contributed by atoms with van der Waals surface area (Å²) in [6, 6.07) is 0.705. The van der Waals surface area contributed by atoms with Gasteiger partial charge in [-0.2, -0.15) is 13.2 Å². The van der Waals surface area contributed by atoms with E-state index in [0.717, 1.165) is 4.40 Å². The number of aromatic nitrogens is 2. The first-order valence-electron chi connectivity index (χ1n) is 5.25. The molecule has 0 atom stereocenters. The maximum Gasteiger partial charge on any atom is 0.420 e. The summed E-state index contributed by atoms with van der Waals surface area (Å²) in [5.41, 5.74) is -1.61. The number of carbonyl (C=O) groups is 1. The Morgan fingerprint density at radius 1 is 1.47 bits per heavy atom. The average molecular weight is 293 g/mol. The summed E-state index contributed by atoms with van der Waals surface area (Å²) in [4.78, 5) is 15.1. The van der Waals surface area contributed by atoms with E-state index in [1.165, 1.54) is 12.4 Å². The molecule has 0 amide bonds. The third kappa shape index (κ3) is 2.65. The molecule has 0 saturated heterocycles. The molecule has 0 fully saturated rings. The second-order valence-electron chi connectivity index (χ2n) is 3.66. The monoisotopic (exact) mass is 292 g/mol. The molecule has 0 radical (unpaired) electrons. The number of halogens is 4. The summed E-state index contributed by atoms with van der Waals surface area (Å²) < 4.78 is 44.5. The van der Waals surface area contributed by atoms with Gasteiger partial charge in [0.2, 0.25) is 0 Å². The van der Waals surface area contributed by atoms with Gasteiger partial charge in [-0.25, -0.2) is 9.78 Å². The van der Waals surface area contributed by atoms with E-state index in [0.29, 0.717) is 6.07 Å². The van der Waals surface area contributed by atoms with Crippen LogP contribution in [0.1, 0.15) is 22.8 Å². The summed E-state index contributed by atoms with van der Waals surface area (Å²) in [6.07, 6.45) is -2.26. The van der Waals surface area contributed by atoms with Crippen LogP contribution in [0.4, 0.5) is 13.2 Å². The smallest absolute Gasteiger partial charge is 0.420 e. The predicted octanol–water partition coefficient (Wildman–Crippen LogP) is 3.18. The number of alkyl halides is 3. The maximum atomic E-state index is 12.9. The van der Waals surface area contributed by atoms with Crippen LogP contribution in [0.25, 0.3) is 5.65 Å². The molecule has 102 valence electrons. The zero-order valence-electron chi connectivity index (χ0n) is 9.66. The summed E-state index contributed by atoms with van der Waals surface area (Å²) in [5.74, 6) is -0.834. The summed E-state index contributed by atoms with van der Waals surface area (Å²) in [5, 5.41) is -0.0912. The molecule has 2 heterocycles. The van der Waals surface area contributed by atoms with Crippen LogP contribution in [-0.4, -0.2) is 22.0 Å². The third-order valence-electron chi connectivity index (χ3n) is 2.34. The first-order valence-corrected chi connectivity index (χ1v) is 5.63. The van der Waals surface area contributed by atoms with Crippen molar-refractivity contribution in [3.05, 3.63) is 34.7 Å². The highest BCUT2D eigenvalue weighted by Crippen LogP contribution is 2.33. The molecule has 0 aromatic carbocycles. The van der Waals surface area contributed by atoms with Crippen LogP contribution >= 0.6 is 11.6 Å². The molecule has 0 bridgehead atoms. The van der Waals surface area contributed by atoms with Gasteiger partial charge in [-0.15, -0.1) is 0 Å². The zero-order valence-corrected chi connectivity index (χ0v) is 10.4. The highest BCUT2D eigenvalue weighted by atomic mass is 35.5. The van der Waals surface area contributed by atoms with Crippen molar-refractivity contribution in [2.45, 2.75) is 13.1 Å². The Hall–Kier alpha value is -1.76. The van der Waals surface area contributed by atoms with Crippen LogP contribution in [0.5, 0.6) is 0 Å². The molecule has 8 heteroatoms. The number of rotatable bonds is 2. The Morgan fingerprint density at radius 3 is 2.74 bits per heavy atom. The lowest BCUT2D eigenvalue weighted by Gasteiger charge is -2.10. The summed E-state index contributed by atoms with van der Waals surface area (Å²) >= 11 is 5.58. The number of hydrogen-bond acceptors (Lipinski definition) is 3. The highest BCUT2D eigenvalue weighted by Gasteiger charge is 2.35. The number of ether oxygens (including phenoxy) is 1. The van der Waals surface area contributed by atoms with E-state index in [2.05, 4.69) is 9.72 Å². The zero-order chi connectivity index (χ0) is 14.2. The van der Waals surface area contributed by atoms with Crippen molar-refractivity contribution in [2.75, 3.05) is 6.61 Å². The molecule has 2 aromatic heterocycles. The van der Waals surface area contributed by atoms with Gasteiger partial charge < -0.3 is 9.14 Å². The second kappa shape index (κ2) is 4.73.